The number of ether oxygens (including phenoxy) is 2. The highest BCUT2D eigenvalue weighted by Gasteiger charge is 2.16. The topological polar surface area (TPSA) is 65.4 Å². The molecule has 0 unspecified atom stereocenters. The van der Waals surface area contributed by atoms with Gasteiger partial charge in [-0.2, -0.15) is 5.10 Å². The Bertz CT molecular complexity index is 1000. The molecule has 0 saturated heterocycles. The summed E-state index contributed by atoms with van der Waals surface area (Å²) in [5.41, 5.74) is 3.96. The van der Waals surface area contributed by atoms with Crippen molar-refractivity contribution in [2.45, 2.75) is 25.3 Å². The van der Waals surface area contributed by atoms with Crippen molar-refractivity contribution in [2.75, 3.05) is 12.5 Å². The molecule has 6 nitrogen and oxygen atoms in total. The fraction of sp³-hybridized carbons (Fsp3) is 0.238. The molecule has 1 aliphatic rings. The zero-order chi connectivity index (χ0) is 19.5. The van der Waals surface area contributed by atoms with Crippen LogP contribution in [0.1, 0.15) is 17.0 Å². The second-order valence-electron chi connectivity index (χ2n) is 6.50. The number of nitrogens with zero attached hydrogens (tertiary/aromatic N) is 2. The van der Waals surface area contributed by atoms with Crippen molar-refractivity contribution in [1.82, 2.24) is 15.1 Å². The Kier molecular flexibility index (Phi) is 5.25. The quantitative estimate of drug-likeness (QED) is 0.646. The lowest BCUT2D eigenvalue weighted by atomic mass is 10.2. The Morgan fingerprint density at radius 3 is 2.75 bits per heavy atom. The summed E-state index contributed by atoms with van der Waals surface area (Å²) in [6, 6.07) is 15.7. The van der Waals surface area contributed by atoms with E-state index in [9.17, 15) is 4.79 Å². The number of thioether (sulfide) groups is 1. The number of fused-ring (bicyclic) bond motifs is 1. The highest BCUT2D eigenvalue weighted by molar-refractivity contribution is 8.00. The Morgan fingerprint density at radius 2 is 1.93 bits per heavy atom. The first-order chi connectivity index (χ1) is 13.6. The minimum absolute atomic E-state index is 0.0195. The van der Waals surface area contributed by atoms with E-state index in [1.165, 1.54) is 11.8 Å². The summed E-state index contributed by atoms with van der Waals surface area (Å²) in [6.45, 7) is 4.70. The number of hydrogen-bond donors (Lipinski definition) is 1. The van der Waals surface area contributed by atoms with Crippen molar-refractivity contribution in [1.29, 1.82) is 0 Å². The second kappa shape index (κ2) is 7.98. The van der Waals surface area contributed by atoms with E-state index >= 15 is 0 Å². The fourth-order valence-electron chi connectivity index (χ4n) is 3.10. The van der Waals surface area contributed by atoms with Gasteiger partial charge in [-0.25, -0.2) is 4.68 Å². The molecule has 2 aromatic carbocycles. The molecule has 0 radical (unpaired) electrons. The molecule has 7 heteroatoms. The van der Waals surface area contributed by atoms with Gasteiger partial charge in [0.15, 0.2) is 11.5 Å². The third-order valence-corrected chi connectivity index (χ3v) is 5.79. The van der Waals surface area contributed by atoms with Gasteiger partial charge in [0.2, 0.25) is 12.7 Å². The summed E-state index contributed by atoms with van der Waals surface area (Å²) in [6.07, 6.45) is 0. The highest BCUT2D eigenvalue weighted by atomic mass is 32.2. The van der Waals surface area contributed by atoms with Crippen LogP contribution in [0.4, 0.5) is 0 Å². The van der Waals surface area contributed by atoms with E-state index in [1.54, 1.807) is 0 Å². The van der Waals surface area contributed by atoms with Gasteiger partial charge in [-0.1, -0.05) is 24.3 Å². The van der Waals surface area contributed by atoms with Crippen molar-refractivity contribution in [3.05, 3.63) is 65.5 Å². The zero-order valence-corrected chi connectivity index (χ0v) is 16.6. The van der Waals surface area contributed by atoms with Gasteiger partial charge >= 0.3 is 0 Å². The first-order valence-corrected chi connectivity index (χ1v) is 10.00. The van der Waals surface area contributed by atoms with Crippen molar-refractivity contribution >= 4 is 17.7 Å². The Morgan fingerprint density at radius 1 is 1.14 bits per heavy atom. The molecule has 0 aliphatic carbocycles. The normalized spacial score (nSPS) is 12.2. The maximum Gasteiger partial charge on any atom is 0.231 e. The molecule has 1 N–H and O–H groups in total. The maximum absolute atomic E-state index is 12.3. The molecule has 1 aliphatic heterocycles. The number of hydrogen-bond acceptors (Lipinski definition) is 5. The van der Waals surface area contributed by atoms with Gasteiger partial charge in [0.1, 0.15) is 0 Å². The summed E-state index contributed by atoms with van der Waals surface area (Å²) in [4.78, 5) is 13.4. The highest BCUT2D eigenvalue weighted by Crippen LogP contribution is 2.32. The van der Waals surface area contributed by atoms with Crippen LogP contribution in [0.3, 0.4) is 0 Å². The molecule has 144 valence electrons. The van der Waals surface area contributed by atoms with Crippen molar-refractivity contribution in [3.8, 4) is 17.2 Å². The Balaban J connectivity index is 1.35. The van der Waals surface area contributed by atoms with E-state index in [4.69, 9.17) is 9.47 Å². The molecule has 0 spiro atoms. The summed E-state index contributed by atoms with van der Waals surface area (Å²) in [7, 11) is 0. The summed E-state index contributed by atoms with van der Waals surface area (Å²) in [5, 5.41) is 7.58. The van der Waals surface area contributed by atoms with Crippen LogP contribution in [0.15, 0.2) is 53.4 Å². The van der Waals surface area contributed by atoms with E-state index in [0.717, 1.165) is 39.0 Å². The standard InChI is InChI=1S/C21H21N3O3S/c1-14-21(15(2)24(23-14)17-6-4-3-5-7-17)28-12-20(25)22-11-16-8-9-18-19(10-16)27-13-26-18/h3-10H,11-13H2,1-2H3,(H,22,25). The van der Waals surface area contributed by atoms with Crippen molar-refractivity contribution < 1.29 is 14.3 Å². The van der Waals surface area contributed by atoms with Crippen molar-refractivity contribution in [3.63, 3.8) is 0 Å². The van der Waals surface area contributed by atoms with Crippen LogP contribution in [-0.2, 0) is 11.3 Å². The van der Waals surface area contributed by atoms with Crippen LogP contribution in [-0.4, -0.2) is 28.2 Å². The maximum atomic E-state index is 12.3. The largest absolute Gasteiger partial charge is 0.454 e. The Hall–Kier alpha value is -2.93. The monoisotopic (exact) mass is 395 g/mol. The van der Waals surface area contributed by atoms with E-state index in [2.05, 4.69) is 10.4 Å². The van der Waals surface area contributed by atoms with E-state index in [-0.39, 0.29) is 12.7 Å². The summed E-state index contributed by atoms with van der Waals surface area (Å²) in [5.74, 6) is 1.79. The van der Waals surface area contributed by atoms with E-state index in [0.29, 0.717) is 12.3 Å². The predicted octanol–water partition coefficient (Wildman–Crippen LogP) is 3.63. The van der Waals surface area contributed by atoms with Gasteiger partial charge in [0.25, 0.3) is 0 Å². The van der Waals surface area contributed by atoms with Crippen LogP contribution in [0, 0.1) is 13.8 Å². The smallest absolute Gasteiger partial charge is 0.231 e. The van der Waals surface area contributed by atoms with Crippen LogP contribution in [0.25, 0.3) is 5.69 Å². The fourth-order valence-corrected chi connectivity index (χ4v) is 4.02. The van der Waals surface area contributed by atoms with Crippen LogP contribution < -0.4 is 14.8 Å². The van der Waals surface area contributed by atoms with Gasteiger partial charge in [0, 0.05) is 6.54 Å². The number of nitrogens with one attached hydrogen (secondary N) is 1. The molecule has 1 aromatic heterocycles. The number of para-hydroxylation sites is 1. The molecule has 0 bridgehead atoms. The van der Waals surface area contributed by atoms with Crippen LogP contribution in [0.2, 0.25) is 0 Å². The molecule has 0 fully saturated rings. The van der Waals surface area contributed by atoms with Gasteiger partial charge < -0.3 is 14.8 Å². The predicted molar refractivity (Wildman–Crippen MR) is 108 cm³/mol. The molecule has 0 atom stereocenters. The van der Waals surface area contributed by atoms with Gasteiger partial charge in [0.05, 0.1) is 27.7 Å². The lowest BCUT2D eigenvalue weighted by molar-refractivity contribution is -0.118. The lowest BCUT2D eigenvalue weighted by Gasteiger charge is -2.07. The lowest BCUT2D eigenvalue weighted by Crippen LogP contribution is -2.24. The molecular formula is C21H21N3O3S. The Labute approximate surface area is 167 Å². The van der Waals surface area contributed by atoms with Gasteiger partial charge in [-0.05, 0) is 43.7 Å². The number of benzene rings is 2. The molecule has 1 amide bonds. The SMILES string of the molecule is Cc1nn(-c2ccccc2)c(C)c1SCC(=O)NCc1ccc2c(c1)OCO2. The van der Waals surface area contributed by atoms with E-state index in [1.807, 2.05) is 67.1 Å². The molecule has 2 heterocycles. The number of rotatable bonds is 6. The molecule has 3 aromatic rings. The zero-order valence-electron chi connectivity index (χ0n) is 15.8. The number of carbonyl (C=O) groups is 1. The first kappa shape index (κ1) is 18.4. The number of carbonyl (C=O) groups excluding carboxylic acids is 1. The summed E-state index contributed by atoms with van der Waals surface area (Å²) < 4.78 is 12.6. The minimum atomic E-state index is -0.0195. The van der Waals surface area contributed by atoms with Gasteiger partial charge in [-0.15, -0.1) is 11.8 Å². The van der Waals surface area contributed by atoms with Crippen molar-refractivity contribution in [2.24, 2.45) is 0 Å². The van der Waals surface area contributed by atoms with Crippen LogP contribution >= 0.6 is 11.8 Å². The second-order valence-corrected chi connectivity index (χ2v) is 7.49. The van der Waals surface area contributed by atoms with Crippen LogP contribution in [0.5, 0.6) is 11.5 Å². The molecular weight excluding hydrogens is 374 g/mol. The van der Waals surface area contributed by atoms with E-state index < -0.39 is 0 Å². The third kappa shape index (κ3) is 3.84. The minimum Gasteiger partial charge on any atom is -0.454 e. The number of aromatic nitrogens is 2. The molecule has 28 heavy (non-hydrogen) atoms. The number of amides is 1. The summed E-state index contributed by atoms with van der Waals surface area (Å²) >= 11 is 1.51. The third-order valence-electron chi connectivity index (χ3n) is 4.50. The molecule has 4 rings (SSSR count). The average Bonchev–Trinajstić information content (AvgIpc) is 3.29. The number of aryl methyl sites for hydroxylation is 1. The first-order valence-electron chi connectivity index (χ1n) is 9.01. The molecule has 0 saturated carbocycles. The van der Waals surface area contributed by atoms with Gasteiger partial charge in [-0.3, -0.25) is 4.79 Å². The average molecular weight is 395 g/mol.